The van der Waals surface area contributed by atoms with E-state index in [4.69, 9.17) is 0 Å². The molecule has 0 amide bonds. The molecule has 0 atom stereocenters. The summed E-state index contributed by atoms with van der Waals surface area (Å²) in [5, 5.41) is 20.8. The Hall–Kier alpha value is -1.65. The van der Waals surface area contributed by atoms with Crippen LogP contribution in [-0.4, -0.2) is 11.9 Å². The smallest absolute Gasteiger partial charge is 0.176 e. The zero-order valence-electron chi connectivity index (χ0n) is 9.14. The van der Waals surface area contributed by atoms with Crippen LogP contribution in [0.15, 0.2) is 4.47 Å². The molecule has 0 aliphatic rings. The molecule has 102 valence electrons. The van der Waals surface area contributed by atoms with Crippen molar-refractivity contribution in [3.8, 4) is 0 Å². The third-order valence-corrected chi connectivity index (χ3v) is 2.37. The van der Waals surface area contributed by atoms with Crippen LogP contribution in [0.1, 0.15) is 20.7 Å². The lowest BCUT2D eigenvalue weighted by atomic mass is 10.1. The van der Waals surface area contributed by atoms with Gasteiger partial charge in [-0.1, -0.05) is 0 Å². The Morgan fingerprint density at radius 1 is 0.833 bits per heavy atom. The van der Waals surface area contributed by atoms with Crippen LogP contribution in [0.4, 0.5) is 13.2 Å². The van der Waals surface area contributed by atoms with E-state index < -0.39 is 45.0 Å². The molecule has 0 aliphatic carbocycles. The van der Waals surface area contributed by atoms with E-state index in [1.165, 1.54) is 0 Å². The highest BCUT2D eigenvalue weighted by atomic mass is 79.9. The molecule has 6 nitrogen and oxygen atoms in total. The van der Waals surface area contributed by atoms with E-state index in [9.17, 15) is 33.0 Å². The van der Waals surface area contributed by atoms with Crippen molar-refractivity contribution < 1.29 is 33.0 Å². The lowest BCUT2D eigenvalue weighted by molar-refractivity contribution is -0.260. The van der Waals surface area contributed by atoms with Crippen molar-refractivity contribution in [1.82, 2.24) is 12.3 Å². The number of halogens is 4. The van der Waals surface area contributed by atoms with Gasteiger partial charge in [-0.25, -0.2) is 13.2 Å². The molecule has 10 heteroatoms. The number of rotatable bonds is 2. The van der Waals surface area contributed by atoms with Crippen molar-refractivity contribution in [3.63, 3.8) is 0 Å². The van der Waals surface area contributed by atoms with Gasteiger partial charge in [-0.15, -0.1) is 0 Å². The molecule has 0 bridgehead atoms. The van der Waals surface area contributed by atoms with Crippen LogP contribution in [-0.2, 0) is 0 Å². The fraction of sp³-hybridized carbons (Fsp3) is 0. The Morgan fingerprint density at radius 3 is 1.50 bits per heavy atom. The summed E-state index contributed by atoms with van der Waals surface area (Å²) in [5.41, 5.74) is -3.33. The molecule has 0 radical (unpaired) electrons. The molecule has 0 saturated carbocycles. The molecular formula is C8H8BrF3N2O4. The third-order valence-electron chi connectivity index (χ3n) is 1.68. The van der Waals surface area contributed by atoms with Crippen LogP contribution in [0, 0.1) is 17.5 Å². The summed E-state index contributed by atoms with van der Waals surface area (Å²) in [4.78, 5) is 20.8. The van der Waals surface area contributed by atoms with E-state index in [1.807, 2.05) is 0 Å². The number of carboxylic acids is 2. The summed E-state index contributed by atoms with van der Waals surface area (Å²) in [6.07, 6.45) is 0. The monoisotopic (exact) mass is 332 g/mol. The van der Waals surface area contributed by atoms with Gasteiger partial charge < -0.3 is 32.1 Å². The van der Waals surface area contributed by atoms with Crippen LogP contribution in [0.25, 0.3) is 0 Å². The Bertz CT molecular complexity index is 465. The van der Waals surface area contributed by atoms with Crippen molar-refractivity contribution in [2.75, 3.05) is 0 Å². The van der Waals surface area contributed by atoms with Crippen LogP contribution >= 0.6 is 15.9 Å². The highest BCUT2D eigenvalue weighted by Gasteiger charge is 2.24. The highest BCUT2D eigenvalue weighted by Crippen LogP contribution is 2.28. The molecule has 0 fully saturated rings. The normalized spacial score (nSPS) is 9.11. The first-order valence-corrected chi connectivity index (χ1v) is 4.37. The predicted octanol–water partition coefficient (Wildman–Crippen LogP) is 0.346. The molecule has 0 heterocycles. The quantitative estimate of drug-likeness (QED) is 0.592. The van der Waals surface area contributed by atoms with Gasteiger partial charge in [0.1, 0.15) is 5.82 Å². The molecule has 1 aromatic carbocycles. The van der Waals surface area contributed by atoms with E-state index in [0.717, 1.165) is 0 Å². The minimum Gasteiger partial charge on any atom is -0.545 e. The van der Waals surface area contributed by atoms with Gasteiger partial charge in [0.15, 0.2) is 11.6 Å². The van der Waals surface area contributed by atoms with Gasteiger partial charge in [0.05, 0.1) is 16.4 Å². The first kappa shape index (κ1) is 18.7. The van der Waals surface area contributed by atoms with Crippen LogP contribution in [0.2, 0.25) is 0 Å². The zero-order chi connectivity index (χ0) is 12.6. The zero-order valence-corrected chi connectivity index (χ0v) is 10.7. The molecule has 0 aliphatic heterocycles. The van der Waals surface area contributed by atoms with E-state index in [0.29, 0.717) is 0 Å². The summed E-state index contributed by atoms with van der Waals surface area (Å²) >= 11 is 2.24. The second kappa shape index (κ2) is 6.33. The van der Waals surface area contributed by atoms with Crippen molar-refractivity contribution in [3.05, 3.63) is 33.1 Å². The third kappa shape index (κ3) is 2.78. The molecule has 1 aromatic rings. The first-order valence-electron chi connectivity index (χ1n) is 3.57. The van der Waals surface area contributed by atoms with Gasteiger partial charge in [0.25, 0.3) is 0 Å². The number of benzene rings is 1. The minimum atomic E-state index is -2.36. The van der Waals surface area contributed by atoms with Gasteiger partial charge in [-0.05, 0) is 15.9 Å². The number of carboxylic acid groups (broad SMARTS) is 2. The standard InChI is InChI=1S/C8H2BrF3O4.2H3N/c9-3-4(10)1(7(13)14)2(8(15)16)5(11)6(3)12;;/h(H,13,14)(H,15,16);2*1H3. The summed E-state index contributed by atoms with van der Waals surface area (Å²) in [7, 11) is 0. The summed E-state index contributed by atoms with van der Waals surface area (Å²) in [6, 6.07) is 0. The number of carbonyl (C=O) groups excluding carboxylic acids is 2. The fourth-order valence-electron chi connectivity index (χ4n) is 1.02. The molecule has 8 N–H and O–H groups in total. The Kier molecular flexibility index (Phi) is 6.58. The molecular weight excluding hydrogens is 325 g/mol. The van der Waals surface area contributed by atoms with Gasteiger partial charge in [-0.2, -0.15) is 0 Å². The Labute approximate surface area is 107 Å². The van der Waals surface area contributed by atoms with E-state index >= 15 is 0 Å². The maximum absolute atomic E-state index is 13.1. The number of hydrogen-bond donors (Lipinski definition) is 2. The van der Waals surface area contributed by atoms with E-state index in [1.54, 1.807) is 0 Å². The number of aromatic carboxylic acids is 2. The van der Waals surface area contributed by atoms with Crippen LogP contribution < -0.4 is 22.5 Å². The second-order valence-electron chi connectivity index (χ2n) is 2.58. The van der Waals surface area contributed by atoms with Crippen LogP contribution in [0.5, 0.6) is 0 Å². The summed E-state index contributed by atoms with van der Waals surface area (Å²) in [6.45, 7) is 0. The average molecular weight is 333 g/mol. The molecule has 18 heavy (non-hydrogen) atoms. The molecule has 0 saturated heterocycles. The Balaban J connectivity index is 0. The Morgan fingerprint density at radius 2 is 1.17 bits per heavy atom. The van der Waals surface area contributed by atoms with E-state index in [-0.39, 0.29) is 12.3 Å². The summed E-state index contributed by atoms with van der Waals surface area (Å²) < 4.78 is 37.9. The second-order valence-corrected chi connectivity index (χ2v) is 3.37. The van der Waals surface area contributed by atoms with E-state index in [2.05, 4.69) is 15.9 Å². The SMILES string of the molecule is O=C([O-])c1c(F)c(F)c(Br)c(F)c1C(=O)[O-].[NH4+].[NH4+]. The number of quaternary nitrogens is 2. The van der Waals surface area contributed by atoms with Crippen molar-refractivity contribution in [2.24, 2.45) is 0 Å². The van der Waals surface area contributed by atoms with Gasteiger partial charge >= 0.3 is 0 Å². The van der Waals surface area contributed by atoms with Crippen molar-refractivity contribution in [2.45, 2.75) is 0 Å². The fourth-order valence-corrected chi connectivity index (χ4v) is 1.39. The number of hydrogen-bond acceptors (Lipinski definition) is 4. The average Bonchev–Trinajstić information content (AvgIpc) is 2.18. The molecule has 1 rings (SSSR count). The number of carbonyl (C=O) groups is 2. The van der Waals surface area contributed by atoms with Crippen LogP contribution in [0.3, 0.4) is 0 Å². The highest BCUT2D eigenvalue weighted by molar-refractivity contribution is 9.10. The molecule has 0 unspecified atom stereocenters. The van der Waals surface area contributed by atoms with Gasteiger partial charge in [0.2, 0.25) is 0 Å². The lowest BCUT2D eigenvalue weighted by Crippen LogP contribution is -2.33. The van der Waals surface area contributed by atoms with Gasteiger partial charge in [0, 0.05) is 11.1 Å². The van der Waals surface area contributed by atoms with Gasteiger partial charge in [-0.3, -0.25) is 0 Å². The summed E-state index contributed by atoms with van der Waals surface area (Å²) in [5.74, 6) is -10.3. The molecule has 0 spiro atoms. The first-order chi connectivity index (χ1) is 7.29. The van der Waals surface area contributed by atoms with Crippen molar-refractivity contribution >= 4 is 27.9 Å². The lowest BCUT2D eigenvalue weighted by Gasteiger charge is -2.15. The topological polar surface area (TPSA) is 153 Å². The maximum atomic E-state index is 13.1. The maximum Gasteiger partial charge on any atom is 0.176 e. The molecule has 0 aromatic heterocycles. The largest absolute Gasteiger partial charge is 0.545 e. The predicted molar refractivity (Wildman–Crippen MR) is 54.6 cm³/mol. The minimum absolute atomic E-state index is 0. The van der Waals surface area contributed by atoms with Crippen molar-refractivity contribution in [1.29, 1.82) is 0 Å².